The Morgan fingerprint density at radius 1 is 1.47 bits per heavy atom. The molecule has 1 heterocycles. The molecule has 3 nitrogen and oxygen atoms in total. The van der Waals surface area contributed by atoms with Crippen molar-refractivity contribution in [3.05, 3.63) is 23.9 Å². The highest BCUT2D eigenvalue weighted by atomic mass is 15.2. The summed E-state index contributed by atoms with van der Waals surface area (Å²) in [5, 5.41) is 8.98. The first kappa shape index (κ1) is 11.5. The molecule has 0 spiro atoms. The van der Waals surface area contributed by atoms with Gasteiger partial charge in [-0.1, -0.05) is 13.8 Å². The van der Waals surface area contributed by atoms with Crippen LogP contribution in [0.2, 0.25) is 0 Å². The Balaban J connectivity index is 3.00. The minimum Gasteiger partial charge on any atom is -0.356 e. The molecular formula is C12H17N3. The molecule has 0 saturated heterocycles. The normalized spacial score (nSPS) is 10.1. The molecule has 0 bridgehead atoms. The Kier molecular flexibility index (Phi) is 4.11. The maximum absolute atomic E-state index is 8.98. The Hall–Kier alpha value is -1.56. The molecule has 1 rings (SSSR count). The Morgan fingerprint density at radius 2 is 2.13 bits per heavy atom. The van der Waals surface area contributed by atoms with Gasteiger partial charge in [0.05, 0.1) is 5.56 Å². The molecule has 0 atom stereocenters. The highest BCUT2D eigenvalue weighted by Gasteiger charge is 2.15. The van der Waals surface area contributed by atoms with Crippen LogP contribution in [-0.4, -0.2) is 18.1 Å². The van der Waals surface area contributed by atoms with E-state index in [9.17, 15) is 0 Å². The standard InChI is InChI=1S/C12H17N3/c1-4-11(5-2)15(3)12-10(9-13)7-6-8-14-12/h6-8,11H,4-5H2,1-3H3. The van der Waals surface area contributed by atoms with E-state index in [0.717, 1.165) is 18.7 Å². The van der Waals surface area contributed by atoms with E-state index < -0.39 is 0 Å². The second-order valence-electron chi connectivity index (χ2n) is 3.57. The average Bonchev–Trinajstić information content (AvgIpc) is 2.30. The number of nitrogens with zero attached hydrogens (tertiary/aromatic N) is 3. The van der Waals surface area contributed by atoms with E-state index in [1.807, 2.05) is 7.05 Å². The number of hydrogen-bond acceptors (Lipinski definition) is 3. The number of nitriles is 1. The summed E-state index contributed by atoms with van der Waals surface area (Å²) in [5.41, 5.74) is 0.645. The van der Waals surface area contributed by atoms with E-state index in [1.54, 1.807) is 18.3 Å². The maximum atomic E-state index is 8.98. The molecule has 0 fully saturated rings. The van der Waals surface area contributed by atoms with Crippen LogP contribution in [0.3, 0.4) is 0 Å². The van der Waals surface area contributed by atoms with Crippen molar-refractivity contribution in [2.45, 2.75) is 32.7 Å². The molecule has 0 unspecified atom stereocenters. The number of aromatic nitrogens is 1. The van der Waals surface area contributed by atoms with E-state index in [4.69, 9.17) is 5.26 Å². The summed E-state index contributed by atoms with van der Waals surface area (Å²) < 4.78 is 0. The highest BCUT2D eigenvalue weighted by molar-refractivity contribution is 5.53. The smallest absolute Gasteiger partial charge is 0.146 e. The van der Waals surface area contributed by atoms with Gasteiger partial charge in [0, 0.05) is 19.3 Å². The summed E-state index contributed by atoms with van der Waals surface area (Å²) in [4.78, 5) is 6.37. The van der Waals surface area contributed by atoms with Crippen LogP contribution >= 0.6 is 0 Å². The van der Waals surface area contributed by atoms with Crippen molar-refractivity contribution in [1.82, 2.24) is 4.98 Å². The average molecular weight is 203 g/mol. The van der Waals surface area contributed by atoms with Crippen LogP contribution < -0.4 is 4.90 Å². The van der Waals surface area contributed by atoms with Crippen molar-refractivity contribution in [3.8, 4) is 6.07 Å². The van der Waals surface area contributed by atoms with Crippen LogP contribution in [0.25, 0.3) is 0 Å². The molecule has 0 aliphatic heterocycles. The fraction of sp³-hybridized carbons (Fsp3) is 0.500. The van der Waals surface area contributed by atoms with Crippen molar-refractivity contribution in [2.24, 2.45) is 0 Å². The van der Waals surface area contributed by atoms with Gasteiger partial charge >= 0.3 is 0 Å². The van der Waals surface area contributed by atoms with Gasteiger partial charge in [-0.05, 0) is 25.0 Å². The Morgan fingerprint density at radius 3 is 2.67 bits per heavy atom. The van der Waals surface area contributed by atoms with Gasteiger partial charge in [-0.3, -0.25) is 0 Å². The Labute approximate surface area is 91.4 Å². The van der Waals surface area contributed by atoms with Crippen molar-refractivity contribution < 1.29 is 0 Å². The van der Waals surface area contributed by atoms with E-state index >= 15 is 0 Å². The topological polar surface area (TPSA) is 39.9 Å². The van der Waals surface area contributed by atoms with Crippen LogP contribution in [0.1, 0.15) is 32.3 Å². The third-order valence-corrected chi connectivity index (χ3v) is 2.73. The lowest BCUT2D eigenvalue weighted by Crippen LogP contribution is -2.31. The van der Waals surface area contributed by atoms with Gasteiger partial charge in [0.15, 0.2) is 0 Å². The summed E-state index contributed by atoms with van der Waals surface area (Å²) in [6, 6.07) is 6.23. The first-order chi connectivity index (χ1) is 7.24. The number of rotatable bonds is 4. The van der Waals surface area contributed by atoms with Crippen LogP contribution in [0, 0.1) is 11.3 Å². The predicted molar refractivity (Wildman–Crippen MR) is 61.7 cm³/mol. The predicted octanol–water partition coefficient (Wildman–Crippen LogP) is 2.58. The van der Waals surface area contributed by atoms with Crippen molar-refractivity contribution >= 4 is 5.82 Å². The van der Waals surface area contributed by atoms with Crippen LogP contribution in [0.15, 0.2) is 18.3 Å². The van der Waals surface area contributed by atoms with Gasteiger partial charge < -0.3 is 4.90 Å². The van der Waals surface area contributed by atoms with Crippen LogP contribution in [0.4, 0.5) is 5.82 Å². The minimum absolute atomic E-state index is 0.451. The molecule has 3 heteroatoms. The molecule has 1 aromatic heterocycles. The van der Waals surface area contributed by atoms with Gasteiger partial charge in [0.25, 0.3) is 0 Å². The monoisotopic (exact) mass is 203 g/mol. The molecule has 0 amide bonds. The lowest BCUT2D eigenvalue weighted by atomic mass is 10.1. The lowest BCUT2D eigenvalue weighted by Gasteiger charge is -2.27. The summed E-state index contributed by atoms with van der Waals surface area (Å²) in [7, 11) is 2.00. The van der Waals surface area contributed by atoms with E-state index in [2.05, 4.69) is 29.8 Å². The zero-order valence-electron chi connectivity index (χ0n) is 9.57. The third kappa shape index (κ3) is 2.47. The number of anilines is 1. The summed E-state index contributed by atoms with van der Waals surface area (Å²) in [6.45, 7) is 4.30. The molecular weight excluding hydrogens is 186 g/mol. The molecule has 0 saturated carbocycles. The zero-order valence-corrected chi connectivity index (χ0v) is 9.57. The summed E-state index contributed by atoms with van der Waals surface area (Å²) in [5.74, 6) is 0.786. The summed E-state index contributed by atoms with van der Waals surface area (Å²) in [6.07, 6.45) is 3.86. The largest absolute Gasteiger partial charge is 0.356 e. The van der Waals surface area contributed by atoms with E-state index in [0.29, 0.717) is 11.6 Å². The molecule has 15 heavy (non-hydrogen) atoms. The van der Waals surface area contributed by atoms with Gasteiger partial charge in [0.2, 0.25) is 0 Å². The van der Waals surface area contributed by atoms with Crippen molar-refractivity contribution in [2.75, 3.05) is 11.9 Å². The number of pyridine rings is 1. The molecule has 0 radical (unpaired) electrons. The molecule has 1 aromatic rings. The van der Waals surface area contributed by atoms with Gasteiger partial charge in [0.1, 0.15) is 11.9 Å². The quantitative estimate of drug-likeness (QED) is 0.755. The van der Waals surface area contributed by atoms with Crippen molar-refractivity contribution in [1.29, 1.82) is 5.26 Å². The van der Waals surface area contributed by atoms with Gasteiger partial charge in [-0.15, -0.1) is 0 Å². The van der Waals surface area contributed by atoms with Gasteiger partial charge in [-0.25, -0.2) is 4.98 Å². The maximum Gasteiger partial charge on any atom is 0.146 e. The fourth-order valence-electron chi connectivity index (χ4n) is 1.77. The minimum atomic E-state index is 0.451. The molecule has 0 aliphatic carbocycles. The first-order valence-corrected chi connectivity index (χ1v) is 5.32. The second kappa shape index (κ2) is 5.35. The molecule has 0 aromatic carbocycles. The first-order valence-electron chi connectivity index (χ1n) is 5.32. The SMILES string of the molecule is CCC(CC)N(C)c1ncccc1C#N. The van der Waals surface area contributed by atoms with E-state index in [-0.39, 0.29) is 0 Å². The zero-order chi connectivity index (χ0) is 11.3. The molecule has 0 N–H and O–H groups in total. The molecule has 80 valence electrons. The van der Waals surface area contributed by atoms with Crippen molar-refractivity contribution in [3.63, 3.8) is 0 Å². The third-order valence-electron chi connectivity index (χ3n) is 2.73. The number of hydrogen-bond donors (Lipinski definition) is 0. The fourth-order valence-corrected chi connectivity index (χ4v) is 1.77. The highest BCUT2D eigenvalue weighted by Crippen LogP contribution is 2.19. The van der Waals surface area contributed by atoms with Crippen LogP contribution in [-0.2, 0) is 0 Å². The van der Waals surface area contributed by atoms with E-state index in [1.165, 1.54) is 0 Å². The second-order valence-corrected chi connectivity index (χ2v) is 3.57. The van der Waals surface area contributed by atoms with Gasteiger partial charge in [-0.2, -0.15) is 5.26 Å². The molecule has 0 aliphatic rings. The summed E-state index contributed by atoms with van der Waals surface area (Å²) >= 11 is 0. The Bertz CT molecular complexity index is 350. The van der Waals surface area contributed by atoms with Crippen LogP contribution in [0.5, 0.6) is 0 Å². The lowest BCUT2D eigenvalue weighted by molar-refractivity contribution is 0.586.